The van der Waals surface area contributed by atoms with Crippen molar-refractivity contribution in [3.05, 3.63) is 23.8 Å². The monoisotopic (exact) mass is 390 g/mol. The lowest BCUT2D eigenvalue weighted by Gasteiger charge is -2.58. The van der Waals surface area contributed by atoms with Crippen molar-refractivity contribution in [2.24, 2.45) is 22.7 Å². The van der Waals surface area contributed by atoms with Gasteiger partial charge in [0.15, 0.2) is 0 Å². The summed E-state index contributed by atoms with van der Waals surface area (Å²) in [6, 6.07) is 0. The number of carboxylic acids is 1. The molecule has 0 heterocycles. The average Bonchev–Trinajstić information content (AvgIpc) is 2.58. The molecule has 0 aromatic carbocycles. The number of ether oxygens (including phenoxy) is 1. The van der Waals surface area contributed by atoms with E-state index in [9.17, 15) is 9.59 Å². The summed E-state index contributed by atoms with van der Waals surface area (Å²) in [6.45, 7) is 14.1. The highest BCUT2D eigenvalue weighted by Crippen LogP contribution is 2.61. The van der Waals surface area contributed by atoms with E-state index in [-0.39, 0.29) is 19.4 Å². The van der Waals surface area contributed by atoms with Gasteiger partial charge in [-0.25, -0.2) is 0 Å². The number of carboxylic acid groups (broad SMARTS) is 1. The Kier molecular flexibility index (Phi) is 7.52. The van der Waals surface area contributed by atoms with Gasteiger partial charge in [-0.3, -0.25) is 9.59 Å². The Balaban J connectivity index is 1.90. The zero-order chi connectivity index (χ0) is 20.9. The number of hydrogen-bond donors (Lipinski definition) is 1. The van der Waals surface area contributed by atoms with Gasteiger partial charge < -0.3 is 9.84 Å². The maximum Gasteiger partial charge on any atom is 0.306 e. The fraction of sp³-hybridized carbons (Fsp3) is 0.750. The fourth-order valence-electron chi connectivity index (χ4n) is 5.84. The molecule has 4 nitrogen and oxygen atoms in total. The van der Waals surface area contributed by atoms with E-state index < -0.39 is 11.9 Å². The molecule has 0 bridgehead atoms. The summed E-state index contributed by atoms with van der Waals surface area (Å²) in [7, 11) is 0. The van der Waals surface area contributed by atoms with Crippen molar-refractivity contribution in [2.75, 3.05) is 6.61 Å². The van der Waals surface area contributed by atoms with Crippen molar-refractivity contribution in [3.8, 4) is 0 Å². The van der Waals surface area contributed by atoms with E-state index in [2.05, 4.69) is 34.3 Å². The molecular weight excluding hydrogens is 352 g/mol. The normalized spacial score (nSPS) is 29.9. The van der Waals surface area contributed by atoms with Gasteiger partial charge in [-0.15, -0.1) is 0 Å². The fourth-order valence-corrected chi connectivity index (χ4v) is 5.84. The molecule has 2 aliphatic carbocycles. The summed E-state index contributed by atoms with van der Waals surface area (Å²) < 4.78 is 5.11. The van der Waals surface area contributed by atoms with Gasteiger partial charge >= 0.3 is 11.9 Å². The van der Waals surface area contributed by atoms with E-state index in [1.54, 1.807) is 0 Å². The number of rotatable bonds is 8. The molecule has 158 valence electrons. The first-order chi connectivity index (χ1) is 13.1. The number of allylic oxidation sites excluding steroid dienone is 2. The quantitative estimate of drug-likeness (QED) is 0.413. The molecule has 4 heteroatoms. The Bertz CT molecular complexity index is 631. The molecule has 0 amide bonds. The van der Waals surface area contributed by atoms with E-state index in [0.717, 1.165) is 25.2 Å². The summed E-state index contributed by atoms with van der Waals surface area (Å²) in [5.41, 5.74) is 3.41. The molecule has 0 radical (unpaired) electrons. The Hall–Kier alpha value is -1.58. The molecule has 28 heavy (non-hydrogen) atoms. The summed E-state index contributed by atoms with van der Waals surface area (Å²) >= 11 is 0. The van der Waals surface area contributed by atoms with E-state index in [0.29, 0.717) is 16.7 Å². The highest BCUT2D eigenvalue weighted by molar-refractivity contribution is 5.76. The van der Waals surface area contributed by atoms with Crippen molar-refractivity contribution in [3.63, 3.8) is 0 Å². The van der Waals surface area contributed by atoms with Crippen LogP contribution in [0.15, 0.2) is 23.8 Å². The highest BCUT2D eigenvalue weighted by Gasteiger charge is 2.52. The zero-order valence-corrected chi connectivity index (χ0v) is 18.2. The van der Waals surface area contributed by atoms with Crippen molar-refractivity contribution >= 4 is 11.9 Å². The Labute approximate surface area is 170 Å². The second-order valence-electron chi connectivity index (χ2n) is 9.82. The Morgan fingerprint density at radius 3 is 2.61 bits per heavy atom. The van der Waals surface area contributed by atoms with Gasteiger partial charge in [0.1, 0.15) is 6.61 Å². The lowest BCUT2D eigenvalue weighted by atomic mass is 9.47. The second-order valence-corrected chi connectivity index (χ2v) is 9.82. The first-order valence-corrected chi connectivity index (χ1v) is 10.8. The SMILES string of the molecule is C=C1CCC2C(C)(C)CCCC2(C)C1CCC(C)=CCOC(=O)CCC(=O)O. The molecule has 3 atom stereocenters. The summed E-state index contributed by atoms with van der Waals surface area (Å²) in [5.74, 6) is -0.100. The molecule has 2 fully saturated rings. The van der Waals surface area contributed by atoms with Crippen LogP contribution in [0.2, 0.25) is 0 Å². The van der Waals surface area contributed by atoms with E-state index >= 15 is 0 Å². The maximum atomic E-state index is 11.5. The van der Waals surface area contributed by atoms with Crippen LogP contribution < -0.4 is 0 Å². The van der Waals surface area contributed by atoms with Gasteiger partial charge in [0.2, 0.25) is 0 Å². The lowest BCUT2D eigenvalue weighted by molar-refractivity contribution is -0.146. The minimum atomic E-state index is -0.978. The lowest BCUT2D eigenvalue weighted by Crippen LogP contribution is -2.49. The third kappa shape index (κ3) is 5.48. The molecule has 0 aliphatic heterocycles. The van der Waals surface area contributed by atoms with Gasteiger partial charge in [-0.1, -0.05) is 44.9 Å². The minimum absolute atomic E-state index is 0.0698. The number of aliphatic carboxylic acids is 1. The predicted molar refractivity (Wildman–Crippen MR) is 112 cm³/mol. The predicted octanol–water partition coefficient (Wildman–Crippen LogP) is 5.92. The van der Waals surface area contributed by atoms with Crippen LogP contribution in [-0.4, -0.2) is 23.7 Å². The molecular formula is C24H38O4. The largest absolute Gasteiger partial charge is 0.481 e. The third-order valence-electron chi connectivity index (χ3n) is 7.37. The smallest absolute Gasteiger partial charge is 0.306 e. The van der Waals surface area contributed by atoms with Crippen LogP contribution in [0, 0.1) is 22.7 Å². The van der Waals surface area contributed by atoms with Crippen molar-refractivity contribution in [1.29, 1.82) is 0 Å². The van der Waals surface area contributed by atoms with Crippen LogP contribution in [0.4, 0.5) is 0 Å². The molecule has 2 aliphatic rings. The number of fused-ring (bicyclic) bond motifs is 1. The molecule has 0 aromatic heterocycles. The minimum Gasteiger partial charge on any atom is -0.481 e. The highest BCUT2D eigenvalue weighted by atomic mass is 16.5. The topological polar surface area (TPSA) is 63.6 Å². The van der Waals surface area contributed by atoms with Gasteiger partial charge in [-0.2, -0.15) is 0 Å². The van der Waals surface area contributed by atoms with Gasteiger partial charge in [0.25, 0.3) is 0 Å². The van der Waals surface area contributed by atoms with Crippen molar-refractivity contribution < 1.29 is 19.4 Å². The van der Waals surface area contributed by atoms with Crippen LogP contribution in [0.25, 0.3) is 0 Å². The number of carbonyl (C=O) groups is 2. The molecule has 0 spiro atoms. The third-order valence-corrected chi connectivity index (χ3v) is 7.37. The Morgan fingerprint density at radius 2 is 1.93 bits per heavy atom. The maximum absolute atomic E-state index is 11.5. The molecule has 3 unspecified atom stereocenters. The van der Waals surface area contributed by atoms with E-state index in [1.165, 1.54) is 36.8 Å². The molecule has 0 aromatic rings. The second kappa shape index (κ2) is 9.28. The van der Waals surface area contributed by atoms with E-state index in [1.807, 2.05) is 6.08 Å². The van der Waals surface area contributed by atoms with Crippen LogP contribution in [-0.2, 0) is 14.3 Å². The van der Waals surface area contributed by atoms with Crippen LogP contribution in [0.1, 0.15) is 85.5 Å². The van der Waals surface area contributed by atoms with Crippen LogP contribution in [0.5, 0.6) is 0 Å². The number of esters is 1. The molecule has 1 N–H and O–H groups in total. The summed E-state index contributed by atoms with van der Waals surface area (Å²) in [4.78, 5) is 22.0. The van der Waals surface area contributed by atoms with Gasteiger partial charge in [-0.05, 0) is 74.2 Å². The summed E-state index contributed by atoms with van der Waals surface area (Å²) in [5, 5.41) is 8.60. The average molecular weight is 391 g/mol. The van der Waals surface area contributed by atoms with Crippen molar-refractivity contribution in [2.45, 2.75) is 85.5 Å². The van der Waals surface area contributed by atoms with Gasteiger partial charge in [0.05, 0.1) is 12.8 Å². The van der Waals surface area contributed by atoms with Crippen LogP contribution >= 0.6 is 0 Å². The molecule has 2 saturated carbocycles. The van der Waals surface area contributed by atoms with Gasteiger partial charge in [0, 0.05) is 0 Å². The van der Waals surface area contributed by atoms with E-state index in [4.69, 9.17) is 9.84 Å². The van der Waals surface area contributed by atoms with Crippen molar-refractivity contribution in [1.82, 2.24) is 0 Å². The number of hydrogen-bond acceptors (Lipinski definition) is 3. The first-order valence-electron chi connectivity index (χ1n) is 10.8. The number of carbonyl (C=O) groups excluding carboxylic acids is 1. The van der Waals surface area contributed by atoms with Crippen LogP contribution in [0.3, 0.4) is 0 Å². The standard InChI is InChI=1S/C24H38O4/c1-17(13-16-28-22(27)12-11-21(25)26)7-9-19-18(2)8-10-20-23(3,4)14-6-15-24(19,20)5/h13,19-20H,2,6-12,14-16H2,1,3-5H3,(H,25,26). The zero-order valence-electron chi connectivity index (χ0n) is 18.2. The molecule has 2 rings (SSSR count). The summed E-state index contributed by atoms with van der Waals surface area (Å²) in [6.07, 6.45) is 10.2. The first kappa shape index (κ1) is 22.7. The molecule has 0 saturated heterocycles. The Morgan fingerprint density at radius 1 is 1.21 bits per heavy atom.